The monoisotopic (exact) mass is 548 g/mol. The number of carbonyl (C=O) groups excluding carboxylic acids is 4. The number of carboxylic acid groups (broad SMARTS) is 2. The van der Waals surface area contributed by atoms with Crippen molar-refractivity contribution in [3.63, 3.8) is 0 Å². The van der Waals surface area contributed by atoms with Crippen molar-refractivity contribution < 1.29 is 38.9 Å². The van der Waals surface area contributed by atoms with Crippen LogP contribution in [0.3, 0.4) is 0 Å². The summed E-state index contributed by atoms with van der Waals surface area (Å²) in [5.74, 6) is -4.06. The van der Waals surface area contributed by atoms with Gasteiger partial charge >= 0.3 is 43.0 Å². The van der Waals surface area contributed by atoms with E-state index in [0.29, 0.717) is 25.4 Å². The van der Waals surface area contributed by atoms with Gasteiger partial charge in [0.15, 0.2) is 0 Å². The van der Waals surface area contributed by atoms with Crippen molar-refractivity contribution in [2.75, 3.05) is 13.2 Å². The number of esters is 2. The van der Waals surface area contributed by atoms with E-state index in [2.05, 4.69) is 23.7 Å². The summed E-state index contributed by atoms with van der Waals surface area (Å²) >= 11 is 0.230. The molecule has 0 rings (SSSR count). The SMILES string of the molecule is CCCCCCOC(=O)/C=C\C(=O)[O-].CCCCCCOC(=O)/C=C\C(=O)[O-].[CH3][Sn+2][CH3]. The normalized spacial score (nSPS) is 9.68. The van der Waals surface area contributed by atoms with Crippen molar-refractivity contribution in [1.82, 2.24) is 0 Å². The summed E-state index contributed by atoms with van der Waals surface area (Å²) in [4.78, 5) is 46.0. The van der Waals surface area contributed by atoms with Crippen molar-refractivity contribution >= 4 is 45.0 Å². The van der Waals surface area contributed by atoms with Gasteiger partial charge in [-0.25, -0.2) is 9.59 Å². The van der Waals surface area contributed by atoms with E-state index in [1.165, 1.54) is 0 Å². The molecular formula is C22H36O8Sn. The average molecular weight is 547 g/mol. The van der Waals surface area contributed by atoms with E-state index in [4.69, 9.17) is 9.47 Å². The third-order valence-corrected chi connectivity index (χ3v) is 3.20. The molecule has 0 N–H and O–H groups in total. The molecule has 0 unspecified atom stereocenters. The molecule has 0 fully saturated rings. The van der Waals surface area contributed by atoms with Crippen molar-refractivity contribution in [1.29, 1.82) is 0 Å². The molecule has 0 aromatic heterocycles. The first kappa shape index (κ1) is 33.8. The van der Waals surface area contributed by atoms with E-state index in [-0.39, 0.29) is 21.1 Å². The summed E-state index contributed by atoms with van der Waals surface area (Å²) in [6, 6.07) is 0. The Hall–Kier alpha value is -1.84. The summed E-state index contributed by atoms with van der Waals surface area (Å²) < 4.78 is 9.44. The molecule has 0 radical (unpaired) electrons. The van der Waals surface area contributed by atoms with Gasteiger partial charge in [0.05, 0.1) is 25.2 Å². The summed E-state index contributed by atoms with van der Waals surface area (Å²) in [7, 11) is 0. The molecule has 0 aliphatic rings. The summed E-state index contributed by atoms with van der Waals surface area (Å²) in [6.45, 7) is 4.87. The van der Waals surface area contributed by atoms with Gasteiger partial charge < -0.3 is 29.3 Å². The fourth-order valence-corrected chi connectivity index (χ4v) is 1.77. The Morgan fingerprint density at radius 1 is 0.645 bits per heavy atom. The van der Waals surface area contributed by atoms with Crippen LogP contribution in [0.15, 0.2) is 24.3 Å². The number of hydrogen-bond acceptors (Lipinski definition) is 8. The zero-order chi connectivity index (χ0) is 24.3. The quantitative estimate of drug-likeness (QED) is 0.139. The van der Waals surface area contributed by atoms with Crippen LogP contribution in [0.25, 0.3) is 0 Å². The van der Waals surface area contributed by atoms with Crippen LogP contribution in [0.2, 0.25) is 9.88 Å². The molecule has 0 spiro atoms. The van der Waals surface area contributed by atoms with Gasteiger partial charge in [-0.15, -0.1) is 0 Å². The molecule has 0 heterocycles. The van der Waals surface area contributed by atoms with Crippen LogP contribution >= 0.6 is 0 Å². The zero-order valence-electron chi connectivity index (χ0n) is 19.1. The summed E-state index contributed by atoms with van der Waals surface area (Å²) in [5, 5.41) is 19.8. The Balaban J connectivity index is -0.000000448. The maximum atomic E-state index is 10.8. The summed E-state index contributed by atoms with van der Waals surface area (Å²) in [6.07, 6.45) is 11.2. The second kappa shape index (κ2) is 28.2. The van der Waals surface area contributed by atoms with E-state index < -0.39 is 23.9 Å². The predicted molar refractivity (Wildman–Crippen MR) is 116 cm³/mol. The molecule has 176 valence electrons. The molecule has 0 saturated carbocycles. The van der Waals surface area contributed by atoms with Crippen LogP contribution in [-0.4, -0.2) is 58.2 Å². The number of aliphatic carboxylic acids is 2. The summed E-state index contributed by atoms with van der Waals surface area (Å²) in [5.41, 5.74) is 0. The van der Waals surface area contributed by atoms with E-state index in [1.807, 2.05) is 0 Å². The molecule has 0 atom stereocenters. The van der Waals surface area contributed by atoms with Crippen LogP contribution in [-0.2, 0) is 28.7 Å². The topological polar surface area (TPSA) is 133 Å². The number of carbonyl (C=O) groups is 4. The molecule has 31 heavy (non-hydrogen) atoms. The third kappa shape index (κ3) is 39.2. The van der Waals surface area contributed by atoms with Crippen LogP contribution in [0, 0.1) is 0 Å². The van der Waals surface area contributed by atoms with Gasteiger partial charge in [0.2, 0.25) is 0 Å². The first-order valence-corrected chi connectivity index (χ1v) is 16.2. The minimum absolute atomic E-state index is 0.230. The Bertz CT molecular complexity index is 484. The Labute approximate surface area is 196 Å². The molecule has 0 aromatic rings. The van der Waals surface area contributed by atoms with Gasteiger partial charge in [-0.05, 0) is 25.0 Å². The van der Waals surface area contributed by atoms with E-state index in [0.717, 1.165) is 63.5 Å². The first-order chi connectivity index (χ1) is 14.7. The number of ether oxygens (including phenoxy) is 2. The van der Waals surface area contributed by atoms with Crippen LogP contribution in [0.5, 0.6) is 0 Å². The van der Waals surface area contributed by atoms with Gasteiger partial charge in [0, 0.05) is 12.2 Å². The Morgan fingerprint density at radius 2 is 0.968 bits per heavy atom. The van der Waals surface area contributed by atoms with Crippen LogP contribution in [0.1, 0.15) is 65.2 Å². The molecule has 0 aromatic carbocycles. The number of carboxylic acids is 2. The van der Waals surface area contributed by atoms with Crippen molar-refractivity contribution in [2.45, 2.75) is 75.1 Å². The molecule has 0 aliphatic carbocycles. The van der Waals surface area contributed by atoms with E-state index >= 15 is 0 Å². The first-order valence-electron chi connectivity index (χ1n) is 10.4. The fourth-order valence-electron chi connectivity index (χ4n) is 1.77. The Kier molecular flexibility index (Phi) is 30.7. The maximum absolute atomic E-state index is 10.8. The van der Waals surface area contributed by atoms with Crippen LogP contribution < -0.4 is 10.2 Å². The molecule has 0 aliphatic heterocycles. The van der Waals surface area contributed by atoms with Crippen molar-refractivity contribution in [2.24, 2.45) is 0 Å². The average Bonchev–Trinajstić information content (AvgIpc) is 2.71. The number of hydrogen-bond donors (Lipinski definition) is 0. The van der Waals surface area contributed by atoms with E-state index in [1.54, 1.807) is 0 Å². The van der Waals surface area contributed by atoms with Gasteiger partial charge in [0.25, 0.3) is 0 Å². The van der Waals surface area contributed by atoms with Gasteiger partial charge in [-0.2, -0.15) is 0 Å². The fraction of sp³-hybridized carbons (Fsp3) is 0.636. The van der Waals surface area contributed by atoms with Crippen molar-refractivity contribution in [3.8, 4) is 0 Å². The molecule has 8 nitrogen and oxygen atoms in total. The zero-order valence-corrected chi connectivity index (χ0v) is 22.0. The van der Waals surface area contributed by atoms with Gasteiger partial charge in [-0.3, -0.25) is 0 Å². The molecule has 9 heteroatoms. The number of unbranched alkanes of at least 4 members (excludes halogenated alkanes) is 6. The standard InChI is InChI=1S/2C10H16O4.2CH3.Sn/c2*1-2-3-4-5-8-14-10(13)7-6-9(11)12;;;/h2*6-7H,2-5,8H2,1H3,(H,11,12);2*1H3;/q;;;;+2/p-2/b2*7-6-;;;. The predicted octanol–water partition coefficient (Wildman–Crippen LogP) is 1.62. The molecule has 0 bridgehead atoms. The van der Waals surface area contributed by atoms with Crippen molar-refractivity contribution in [3.05, 3.63) is 24.3 Å². The van der Waals surface area contributed by atoms with Crippen LogP contribution in [0.4, 0.5) is 0 Å². The second-order valence-corrected chi connectivity index (χ2v) is 9.12. The third-order valence-electron chi connectivity index (χ3n) is 3.20. The second-order valence-electron chi connectivity index (χ2n) is 6.26. The molecule has 0 saturated heterocycles. The van der Waals surface area contributed by atoms with Gasteiger partial charge in [0.1, 0.15) is 0 Å². The van der Waals surface area contributed by atoms with Gasteiger partial charge in [-0.1, -0.05) is 52.4 Å². The molecule has 0 amide bonds. The number of rotatable bonds is 14. The van der Waals surface area contributed by atoms with E-state index in [9.17, 15) is 29.4 Å². The molecular weight excluding hydrogens is 511 g/mol. The minimum atomic E-state index is -1.40. The Morgan fingerprint density at radius 3 is 1.23 bits per heavy atom.